The van der Waals surface area contributed by atoms with Crippen molar-refractivity contribution in [1.82, 2.24) is 26.6 Å². The van der Waals surface area contributed by atoms with Crippen LogP contribution in [-0.4, -0.2) is 85.4 Å². The maximum absolute atomic E-state index is 13.5. The molecule has 0 heterocycles. The van der Waals surface area contributed by atoms with E-state index < -0.39 is 66.3 Å². The number of amides is 5. The number of esters is 2. The number of nitrogens with two attached hydrogens (primary N) is 1. The molecule has 17 heteroatoms. The van der Waals surface area contributed by atoms with E-state index in [4.69, 9.17) is 5.73 Å². The number of hydrogen-bond donors (Lipinski definition) is 6. The summed E-state index contributed by atoms with van der Waals surface area (Å²) in [5, 5.41) is 13.8. The Hall–Kier alpha value is -3.76. The van der Waals surface area contributed by atoms with Gasteiger partial charge in [-0.25, -0.2) is 4.79 Å². The SMILES string of the molecule is CC(C)C[C@@H](CC(=O)OC(=O)C(F)(F)F)NC(=O)C[C@H](C)NC(=O)C[C@@H](NC(=O)[C@H](CNC(=O)[C@@H](C)CNC(=O)[C@H](CN)C(C)C)CC(C)C)C(C)C. The highest BCUT2D eigenvalue weighted by molar-refractivity contribution is 5.89. The van der Waals surface area contributed by atoms with Crippen LogP contribution >= 0.6 is 0 Å². The fraction of sp³-hybridized carbons (Fsp3) is 0.806. The largest absolute Gasteiger partial charge is 0.491 e. The van der Waals surface area contributed by atoms with Crippen LogP contribution in [0.25, 0.3) is 0 Å². The number of ether oxygens (including phenoxy) is 1. The Balaban J connectivity index is 5.26. The number of nitrogens with one attached hydrogen (secondary N) is 5. The summed E-state index contributed by atoms with van der Waals surface area (Å²) in [5.41, 5.74) is 5.71. The third-order valence-electron chi connectivity index (χ3n) is 8.48. The summed E-state index contributed by atoms with van der Waals surface area (Å²) in [5.74, 6) is -7.59. The number of halogens is 3. The van der Waals surface area contributed by atoms with E-state index in [-0.39, 0.29) is 86.2 Å². The third kappa shape index (κ3) is 20.9. The number of alkyl halides is 3. The average molecular weight is 765 g/mol. The minimum atomic E-state index is -5.34. The fourth-order valence-corrected chi connectivity index (χ4v) is 5.48. The third-order valence-corrected chi connectivity index (χ3v) is 8.48. The smallest absolute Gasteiger partial charge is 0.386 e. The van der Waals surface area contributed by atoms with E-state index in [2.05, 4.69) is 31.3 Å². The Bertz CT molecular complexity index is 1230. The van der Waals surface area contributed by atoms with Crippen LogP contribution in [0.2, 0.25) is 0 Å². The first-order valence-electron chi connectivity index (χ1n) is 18.3. The second-order valence-electron chi connectivity index (χ2n) is 15.4. The van der Waals surface area contributed by atoms with Crippen LogP contribution in [0, 0.1) is 41.4 Å². The Morgan fingerprint density at radius 2 is 1.19 bits per heavy atom. The molecule has 0 aliphatic rings. The summed E-state index contributed by atoms with van der Waals surface area (Å²) in [7, 11) is 0. The molecule has 0 spiro atoms. The number of carbonyl (C=O) groups excluding carboxylic acids is 7. The first kappa shape index (κ1) is 49.2. The van der Waals surface area contributed by atoms with Crippen LogP contribution in [0.15, 0.2) is 0 Å². The molecule has 0 saturated carbocycles. The van der Waals surface area contributed by atoms with Crippen molar-refractivity contribution in [2.45, 2.75) is 126 Å². The summed E-state index contributed by atoms with van der Waals surface area (Å²) in [6.07, 6.45) is -5.66. The molecule has 7 N–H and O–H groups in total. The lowest BCUT2D eigenvalue weighted by atomic mass is 9.93. The summed E-state index contributed by atoms with van der Waals surface area (Å²) in [4.78, 5) is 87.4. The fourth-order valence-electron chi connectivity index (χ4n) is 5.48. The summed E-state index contributed by atoms with van der Waals surface area (Å²) >= 11 is 0. The monoisotopic (exact) mass is 764 g/mol. The van der Waals surface area contributed by atoms with Crippen LogP contribution in [0.1, 0.15) is 101 Å². The zero-order valence-electron chi connectivity index (χ0n) is 32.9. The van der Waals surface area contributed by atoms with Crippen molar-refractivity contribution in [3.05, 3.63) is 0 Å². The Morgan fingerprint density at radius 1 is 0.642 bits per heavy atom. The molecule has 6 atom stereocenters. The van der Waals surface area contributed by atoms with Gasteiger partial charge in [-0.1, -0.05) is 62.3 Å². The molecule has 0 aliphatic carbocycles. The van der Waals surface area contributed by atoms with E-state index in [1.807, 2.05) is 41.5 Å². The zero-order valence-corrected chi connectivity index (χ0v) is 32.9. The molecule has 53 heavy (non-hydrogen) atoms. The maximum Gasteiger partial charge on any atom is 0.491 e. The summed E-state index contributed by atoms with van der Waals surface area (Å²) in [6, 6.07) is -2.18. The molecule has 0 aromatic heterocycles. The highest BCUT2D eigenvalue weighted by Crippen LogP contribution is 2.18. The van der Waals surface area contributed by atoms with Crippen molar-refractivity contribution in [1.29, 1.82) is 0 Å². The van der Waals surface area contributed by atoms with Crippen molar-refractivity contribution >= 4 is 41.5 Å². The molecule has 0 aliphatic heterocycles. The van der Waals surface area contributed by atoms with Gasteiger partial charge in [0.15, 0.2) is 0 Å². The highest BCUT2D eigenvalue weighted by Gasteiger charge is 2.42. The molecular weight excluding hydrogens is 701 g/mol. The molecule has 0 aromatic carbocycles. The molecule has 0 rings (SSSR count). The van der Waals surface area contributed by atoms with E-state index >= 15 is 0 Å². The van der Waals surface area contributed by atoms with E-state index in [1.54, 1.807) is 27.7 Å². The van der Waals surface area contributed by atoms with Crippen molar-refractivity contribution in [2.75, 3.05) is 19.6 Å². The lowest BCUT2D eigenvalue weighted by Gasteiger charge is -2.27. The normalized spacial score (nSPS) is 15.2. The summed E-state index contributed by atoms with van der Waals surface area (Å²) < 4.78 is 41.3. The molecule has 0 saturated heterocycles. The van der Waals surface area contributed by atoms with E-state index in [9.17, 15) is 46.7 Å². The molecule has 0 bridgehead atoms. The van der Waals surface area contributed by atoms with E-state index in [1.165, 1.54) is 0 Å². The molecule has 0 aromatic rings. The second kappa shape index (κ2) is 23.8. The number of rotatable bonds is 23. The van der Waals surface area contributed by atoms with Gasteiger partial charge in [-0.3, -0.25) is 28.8 Å². The predicted octanol–water partition coefficient (Wildman–Crippen LogP) is 2.73. The molecule has 5 amide bonds. The zero-order chi connectivity index (χ0) is 41.2. The highest BCUT2D eigenvalue weighted by atomic mass is 19.4. The van der Waals surface area contributed by atoms with Gasteiger partial charge in [0, 0.05) is 50.6 Å². The molecule has 0 radical (unpaired) electrons. The van der Waals surface area contributed by atoms with Gasteiger partial charge >= 0.3 is 18.1 Å². The van der Waals surface area contributed by atoms with Gasteiger partial charge in [-0.2, -0.15) is 13.2 Å². The van der Waals surface area contributed by atoms with Gasteiger partial charge in [0.05, 0.1) is 24.2 Å². The number of hydrogen-bond acceptors (Lipinski definition) is 9. The van der Waals surface area contributed by atoms with E-state index in [0.717, 1.165) is 0 Å². The quantitative estimate of drug-likeness (QED) is 0.0666. The molecule has 14 nitrogen and oxygen atoms in total. The topological polar surface area (TPSA) is 215 Å². The maximum atomic E-state index is 13.5. The van der Waals surface area contributed by atoms with Gasteiger partial charge in [-0.15, -0.1) is 0 Å². The molecule has 0 fully saturated rings. The molecular formula is C36H63F3N6O8. The lowest BCUT2D eigenvalue weighted by molar-refractivity contribution is -0.202. The van der Waals surface area contributed by atoms with E-state index in [0.29, 0.717) is 6.42 Å². The van der Waals surface area contributed by atoms with Crippen molar-refractivity contribution in [3.8, 4) is 0 Å². The van der Waals surface area contributed by atoms with Crippen molar-refractivity contribution in [2.24, 2.45) is 47.2 Å². The minimum Gasteiger partial charge on any atom is -0.386 e. The van der Waals surface area contributed by atoms with Gasteiger partial charge in [0.1, 0.15) is 0 Å². The Labute approximate surface area is 311 Å². The van der Waals surface area contributed by atoms with Gasteiger partial charge in [0.2, 0.25) is 29.5 Å². The van der Waals surface area contributed by atoms with Crippen LogP contribution in [0.3, 0.4) is 0 Å². The predicted molar refractivity (Wildman–Crippen MR) is 192 cm³/mol. The first-order chi connectivity index (χ1) is 24.4. The van der Waals surface area contributed by atoms with Crippen LogP contribution in [-0.2, 0) is 38.3 Å². The Morgan fingerprint density at radius 3 is 1.68 bits per heavy atom. The summed E-state index contributed by atoms with van der Waals surface area (Å²) in [6.45, 7) is 18.5. The van der Waals surface area contributed by atoms with Crippen LogP contribution in [0.5, 0.6) is 0 Å². The molecule has 0 unspecified atom stereocenters. The second-order valence-corrected chi connectivity index (χ2v) is 15.4. The first-order valence-corrected chi connectivity index (χ1v) is 18.3. The van der Waals surface area contributed by atoms with Crippen LogP contribution < -0.4 is 32.3 Å². The molecule has 306 valence electrons. The Kier molecular flexibility index (Phi) is 22.1. The van der Waals surface area contributed by atoms with Gasteiger partial charge in [-0.05, 0) is 43.4 Å². The number of carbonyl (C=O) groups is 7. The van der Waals surface area contributed by atoms with Crippen molar-refractivity contribution in [3.63, 3.8) is 0 Å². The average Bonchev–Trinajstić information content (AvgIpc) is 2.99. The van der Waals surface area contributed by atoms with Crippen molar-refractivity contribution < 1.29 is 51.5 Å². The van der Waals surface area contributed by atoms with Gasteiger partial charge in [0.25, 0.3) is 0 Å². The lowest BCUT2D eigenvalue weighted by Crippen LogP contribution is -2.49. The standard InChI is InChI=1S/C36H63F3N6O8/c1-19(2)11-25(18-42-32(49)23(9)17-41-34(51)27(16-40)21(5)6)33(50)45-28(22(7)8)15-30(47)43-24(10)13-29(46)44-26(12-20(3)4)14-31(48)53-35(52)36(37,38)39/h19-28H,11-18,40H2,1-10H3,(H,41,51)(H,42,49)(H,43,47)(H,44,46)(H,45,50)/t23-,24-,25-,26-,27+,28+/m0/s1. The van der Waals surface area contributed by atoms with Crippen LogP contribution in [0.4, 0.5) is 13.2 Å². The minimum absolute atomic E-state index is 0.0463. The van der Waals surface area contributed by atoms with Gasteiger partial charge < -0.3 is 37.1 Å².